The number of esters is 1. The first-order valence-electron chi connectivity index (χ1n) is 13.1. The number of allylic oxidation sites excluding steroid dienone is 1. The van der Waals surface area contributed by atoms with Gasteiger partial charge in [-0.05, 0) is 62.4 Å². The third kappa shape index (κ3) is 6.15. The van der Waals surface area contributed by atoms with Gasteiger partial charge in [0, 0.05) is 11.4 Å². The van der Waals surface area contributed by atoms with Gasteiger partial charge in [0.25, 0.3) is 0 Å². The Morgan fingerprint density at radius 2 is 1.87 bits per heavy atom. The number of fused-ring (bicyclic) bond motifs is 1. The number of anilines is 1. The minimum Gasteiger partial charge on any atom is -0.490 e. The molecule has 2 heterocycles. The summed E-state index contributed by atoms with van der Waals surface area (Å²) in [6.07, 6.45) is 1.75. The minimum absolute atomic E-state index is 0.347. The quantitative estimate of drug-likeness (QED) is 0.213. The van der Waals surface area contributed by atoms with Crippen LogP contribution in [0, 0.1) is 6.92 Å². The summed E-state index contributed by atoms with van der Waals surface area (Å²) in [5.74, 6) is 2.38. The molecule has 0 fully saturated rings. The number of nitrogens with zero attached hydrogens (tertiary/aromatic N) is 3. The van der Waals surface area contributed by atoms with E-state index in [9.17, 15) is 4.79 Å². The molecule has 38 heavy (non-hydrogen) atoms. The number of aryl methyl sites for hydroxylation is 1. The second-order valence-corrected chi connectivity index (χ2v) is 10.1. The van der Waals surface area contributed by atoms with Gasteiger partial charge in [-0.3, -0.25) is 0 Å². The molecule has 1 aromatic heterocycles. The molecule has 0 amide bonds. The zero-order chi connectivity index (χ0) is 27.1. The lowest BCUT2D eigenvalue weighted by molar-refractivity contribution is -0.139. The standard InChI is InChI=1S/C29H36N4O4S/c1-6-15-36-27(34)25-20(5)30-28-31-29(38-16-7-2)32-33(28)26(25)21-13-14-23(24(17-21)35-8-3)37-18-22-12-10-9-11-19(22)4/h9-14,17,26H,6-8,15-16,18H2,1-5H3,(H,30,31,32). The van der Waals surface area contributed by atoms with Gasteiger partial charge < -0.3 is 19.5 Å². The van der Waals surface area contributed by atoms with Gasteiger partial charge in [0.2, 0.25) is 11.1 Å². The summed E-state index contributed by atoms with van der Waals surface area (Å²) in [6, 6.07) is 13.4. The van der Waals surface area contributed by atoms with Crippen molar-refractivity contribution in [3.8, 4) is 11.5 Å². The number of hydrogen-bond donors (Lipinski definition) is 1. The number of hydrogen-bond acceptors (Lipinski definition) is 8. The number of thioether (sulfide) groups is 1. The Bertz CT molecular complexity index is 1300. The Labute approximate surface area is 228 Å². The summed E-state index contributed by atoms with van der Waals surface area (Å²) in [5.41, 5.74) is 4.31. The predicted molar refractivity (Wildman–Crippen MR) is 150 cm³/mol. The number of carbonyl (C=O) groups is 1. The van der Waals surface area contributed by atoms with Crippen LogP contribution in [0.15, 0.2) is 58.9 Å². The van der Waals surface area contributed by atoms with Crippen LogP contribution in [0.5, 0.6) is 11.5 Å². The predicted octanol–water partition coefficient (Wildman–Crippen LogP) is 6.31. The molecule has 4 rings (SSSR count). The molecule has 0 saturated carbocycles. The maximum atomic E-state index is 13.3. The molecule has 1 N–H and O–H groups in total. The van der Waals surface area contributed by atoms with Crippen LogP contribution in [0.3, 0.4) is 0 Å². The number of aromatic nitrogens is 3. The van der Waals surface area contributed by atoms with Gasteiger partial charge in [0.1, 0.15) is 12.6 Å². The molecular weight excluding hydrogens is 500 g/mol. The van der Waals surface area contributed by atoms with Crippen LogP contribution in [0.4, 0.5) is 5.95 Å². The summed E-state index contributed by atoms with van der Waals surface area (Å²) in [5, 5.41) is 8.69. The first kappa shape index (κ1) is 27.6. The molecule has 1 aliphatic heterocycles. The van der Waals surface area contributed by atoms with Crippen molar-refractivity contribution in [2.24, 2.45) is 0 Å². The fourth-order valence-electron chi connectivity index (χ4n) is 4.24. The molecule has 0 saturated heterocycles. The molecule has 202 valence electrons. The average Bonchev–Trinajstić information content (AvgIpc) is 3.32. The molecule has 8 nitrogen and oxygen atoms in total. The summed E-state index contributed by atoms with van der Waals surface area (Å²) in [4.78, 5) is 17.9. The van der Waals surface area contributed by atoms with Gasteiger partial charge in [-0.25, -0.2) is 9.48 Å². The topological polar surface area (TPSA) is 87.5 Å². The highest BCUT2D eigenvalue weighted by Crippen LogP contribution is 2.40. The van der Waals surface area contributed by atoms with Crippen molar-refractivity contribution in [1.29, 1.82) is 0 Å². The van der Waals surface area contributed by atoms with Crippen LogP contribution < -0.4 is 14.8 Å². The first-order valence-corrected chi connectivity index (χ1v) is 14.1. The third-order valence-corrected chi connectivity index (χ3v) is 7.20. The molecule has 0 spiro atoms. The van der Waals surface area contributed by atoms with E-state index in [1.54, 1.807) is 16.4 Å². The Kier molecular flexibility index (Phi) is 9.33. The molecule has 3 aromatic rings. The highest BCUT2D eigenvalue weighted by molar-refractivity contribution is 7.99. The second kappa shape index (κ2) is 12.9. The number of rotatable bonds is 12. The monoisotopic (exact) mass is 536 g/mol. The SMILES string of the molecule is CCCOC(=O)C1=C(C)Nc2nc(SCCC)nn2C1c1ccc(OCc2ccccc2C)c(OCC)c1. The van der Waals surface area contributed by atoms with Crippen molar-refractivity contribution in [2.75, 3.05) is 24.3 Å². The molecule has 1 unspecified atom stereocenters. The van der Waals surface area contributed by atoms with Gasteiger partial charge >= 0.3 is 5.97 Å². The van der Waals surface area contributed by atoms with E-state index in [1.807, 2.05) is 51.1 Å². The summed E-state index contributed by atoms with van der Waals surface area (Å²) < 4.78 is 19.5. The molecule has 1 atom stereocenters. The van der Waals surface area contributed by atoms with Crippen LogP contribution in [-0.2, 0) is 16.1 Å². The van der Waals surface area contributed by atoms with Gasteiger partial charge in [-0.1, -0.05) is 55.9 Å². The number of nitrogens with one attached hydrogen (secondary N) is 1. The lowest BCUT2D eigenvalue weighted by atomic mass is 9.95. The van der Waals surface area contributed by atoms with E-state index in [4.69, 9.17) is 19.3 Å². The molecule has 9 heteroatoms. The smallest absolute Gasteiger partial charge is 0.338 e. The second-order valence-electron chi connectivity index (χ2n) is 9.07. The Balaban J connectivity index is 1.73. The Hall–Kier alpha value is -3.46. The lowest BCUT2D eigenvalue weighted by Gasteiger charge is -2.28. The Morgan fingerprint density at radius 1 is 1.05 bits per heavy atom. The van der Waals surface area contributed by atoms with E-state index in [0.29, 0.717) is 53.7 Å². The summed E-state index contributed by atoms with van der Waals surface area (Å²) >= 11 is 1.59. The molecule has 0 aliphatic carbocycles. The van der Waals surface area contributed by atoms with Crippen LogP contribution in [-0.4, -0.2) is 39.7 Å². The lowest BCUT2D eigenvalue weighted by Crippen LogP contribution is -2.29. The zero-order valence-corrected chi connectivity index (χ0v) is 23.6. The maximum Gasteiger partial charge on any atom is 0.338 e. The van der Waals surface area contributed by atoms with Crippen molar-refractivity contribution in [2.45, 2.75) is 65.3 Å². The van der Waals surface area contributed by atoms with Crippen LogP contribution >= 0.6 is 11.8 Å². The van der Waals surface area contributed by atoms with E-state index in [-0.39, 0.29) is 5.97 Å². The molecule has 0 radical (unpaired) electrons. The number of benzene rings is 2. The van der Waals surface area contributed by atoms with Gasteiger partial charge in [-0.15, -0.1) is 5.10 Å². The highest BCUT2D eigenvalue weighted by Gasteiger charge is 2.35. The number of carbonyl (C=O) groups excluding carboxylic acids is 1. The molecule has 1 aliphatic rings. The fraction of sp³-hybridized carbons (Fsp3) is 0.414. The van der Waals surface area contributed by atoms with E-state index in [0.717, 1.165) is 29.7 Å². The van der Waals surface area contributed by atoms with Gasteiger partial charge in [0.05, 0.1) is 18.8 Å². The van der Waals surface area contributed by atoms with E-state index >= 15 is 0 Å². The minimum atomic E-state index is -0.524. The van der Waals surface area contributed by atoms with Gasteiger partial charge in [-0.2, -0.15) is 4.98 Å². The van der Waals surface area contributed by atoms with E-state index < -0.39 is 6.04 Å². The maximum absolute atomic E-state index is 13.3. The Morgan fingerprint density at radius 3 is 2.61 bits per heavy atom. The molecule has 2 aromatic carbocycles. The van der Waals surface area contributed by atoms with Crippen LogP contribution in [0.1, 0.15) is 63.3 Å². The molecule has 0 bridgehead atoms. The highest BCUT2D eigenvalue weighted by atomic mass is 32.2. The number of ether oxygens (including phenoxy) is 3. The van der Waals surface area contributed by atoms with Crippen molar-refractivity contribution in [3.63, 3.8) is 0 Å². The van der Waals surface area contributed by atoms with Crippen molar-refractivity contribution in [3.05, 3.63) is 70.4 Å². The van der Waals surface area contributed by atoms with Crippen molar-refractivity contribution >= 4 is 23.7 Å². The van der Waals surface area contributed by atoms with Gasteiger partial charge in [0.15, 0.2) is 11.5 Å². The van der Waals surface area contributed by atoms with E-state index in [2.05, 4.69) is 36.3 Å². The fourth-order valence-corrected chi connectivity index (χ4v) is 4.92. The van der Waals surface area contributed by atoms with Crippen LogP contribution in [0.2, 0.25) is 0 Å². The summed E-state index contributed by atoms with van der Waals surface area (Å²) in [7, 11) is 0. The average molecular weight is 537 g/mol. The third-order valence-electron chi connectivity index (χ3n) is 6.15. The van der Waals surface area contributed by atoms with Crippen molar-refractivity contribution < 1.29 is 19.0 Å². The first-order chi connectivity index (χ1) is 18.5. The molecular formula is C29H36N4O4S. The van der Waals surface area contributed by atoms with E-state index in [1.165, 1.54) is 5.56 Å². The van der Waals surface area contributed by atoms with Crippen LogP contribution in [0.25, 0.3) is 0 Å². The largest absolute Gasteiger partial charge is 0.490 e. The van der Waals surface area contributed by atoms with Crippen molar-refractivity contribution in [1.82, 2.24) is 14.8 Å². The summed E-state index contributed by atoms with van der Waals surface area (Å²) in [6.45, 7) is 11.2. The normalized spacial score (nSPS) is 14.6. The zero-order valence-electron chi connectivity index (χ0n) is 22.7.